The van der Waals surface area contributed by atoms with Crippen molar-refractivity contribution in [2.45, 2.75) is 6.92 Å². The average Bonchev–Trinajstić information content (AvgIpc) is 2.35. The molecule has 0 saturated heterocycles. The van der Waals surface area contributed by atoms with Crippen LogP contribution in [0.3, 0.4) is 0 Å². The summed E-state index contributed by atoms with van der Waals surface area (Å²) < 4.78 is 5.47. The summed E-state index contributed by atoms with van der Waals surface area (Å²) >= 11 is 0. The van der Waals surface area contributed by atoms with Gasteiger partial charge in [0.05, 0.1) is 0 Å². The molecule has 0 unspecified atom stereocenters. The van der Waals surface area contributed by atoms with Crippen molar-refractivity contribution in [3.8, 4) is 23.4 Å². The molecule has 1 aromatic heterocycles. The summed E-state index contributed by atoms with van der Waals surface area (Å²) in [5.74, 6) is 0.373. The van der Waals surface area contributed by atoms with Gasteiger partial charge < -0.3 is 15.6 Å². The standard InChI is InChI=1S/C13H11N3O2/c1-8-5-6-9(7-14)13(16-8)18-11-4-2-3-10(17)12(11)15/h2-6,17H,15H2,1H3. The fourth-order valence-electron chi connectivity index (χ4n) is 1.42. The van der Waals surface area contributed by atoms with Crippen molar-refractivity contribution in [2.75, 3.05) is 5.73 Å². The molecule has 0 bridgehead atoms. The van der Waals surface area contributed by atoms with Crippen molar-refractivity contribution in [1.82, 2.24) is 4.98 Å². The molecule has 0 radical (unpaired) electrons. The van der Waals surface area contributed by atoms with Gasteiger partial charge >= 0.3 is 0 Å². The Balaban J connectivity index is 2.43. The molecule has 0 aliphatic rings. The van der Waals surface area contributed by atoms with Crippen LogP contribution in [0.2, 0.25) is 0 Å². The first-order chi connectivity index (χ1) is 8.61. The normalized spacial score (nSPS) is 9.78. The van der Waals surface area contributed by atoms with Crippen molar-refractivity contribution in [3.05, 3.63) is 41.6 Å². The number of ether oxygens (including phenoxy) is 1. The van der Waals surface area contributed by atoms with E-state index in [4.69, 9.17) is 15.7 Å². The van der Waals surface area contributed by atoms with Gasteiger partial charge in [-0.15, -0.1) is 0 Å². The maximum Gasteiger partial charge on any atom is 0.237 e. The number of phenols is 1. The van der Waals surface area contributed by atoms with E-state index in [0.29, 0.717) is 5.56 Å². The smallest absolute Gasteiger partial charge is 0.237 e. The summed E-state index contributed by atoms with van der Waals surface area (Å²) in [4.78, 5) is 4.13. The maximum atomic E-state index is 9.47. The van der Waals surface area contributed by atoms with Crippen LogP contribution in [0.1, 0.15) is 11.3 Å². The highest BCUT2D eigenvalue weighted by Gasteiger charge is 2.10. The van der Waals surface area contributed by atoms with E-state index in [1.165, 1.54) is 6.07 Å². The van der Waals surface area contributed by atoms with Crippen molar-refractivity contribution in [1.29, 1.82) is 5.26 Å². The van der Waals surface area contributed by atoms with Gasteiger partial charge in [-0.25, -0.2) is 4.98 Å². The first-order valence-electron chi connectivity index (χ1n) is 5.25. The minimum Gasteiger partial charge on any atom is -0.506 e. The van der Waals surface area contributed by atoms with E-state index in [1.54, 1.807) is 31.2 Å². The van der Waals surface area contributed by atoms with Crippen LogP contribution < -0.4 is 10.5 Å². The molecule has 3 N–H and O–H groups in total. The fourth-order valence-corrected chi connectivity index (χ4v) is 1.42. The molecular weight excluding hydrogens is 230 g/mol. The van der Waals surface area contributed by atoms with Crippen LogP contribution in [0.15, 0.2) is 30.3 Å². The van der Waals surface area contributed by atoms with Gasteiger partial charge in [-0.1, -0.05) is 6.07 Å². The van der Waals surface area contributed by atoms with Gasteiger partial charge in [-0.2, -0.15) is 5.26 Å². The van der Waals surface area contributed by atoms with Gasteiger partial charge in [-0.3, -0.25) is 0 Å². The van der Waals surface area contributed by atoms with Crippen LogP contribution in [0, 0.1) is 18.3 Å². The Morgan fingerprint density at radius 2 is 2.11 bits per heavy atom. The molecule has 0 atom stereocenters. The van der Waals surface area contributed by atoms with Crippen LogP contribution in [-0.2, 0) is 0 Å². The van der Waals surface area contributed by atoms with E-state index >= 15 is 0 Å². The number of nitriles is 1. The molecular formula is C13H11N3O2. The van der Waals surface area contributed by atoms with Crippen LogP contribution in [0.25, 0.3) is 0 Å². The SMILES string of the molecule is Cc1ccc(C#N)c(Oc2cccc(O)c2N)n1. The Morgan fingerprint density at radius 1 is 1.33 bits per heavy atom. The predicted molar refractivity (Wildman–Crippen MR) is 66.3 cm³/mol. The highest BCUT2D eigenvalue weighted by molar-refractivity contribution is 5.63. The number of nitrogens with zero attached hydrogens (tertiary/aromatic N) is 2. The quantitative estimate of drug-likeness (QED) is 0.621. The average molecular weight is 241 g/mol. The molecule has 5 nitrogen and oxygen atoms in total. The molecule has 0 fully saturated rings. The lowest BCUT2D eigenvalue weighted by molar-refractivity contribution is 0.448. The maximum absolute atomic E-state index is 9.47. The lowest BCUT2D eigenvalue weighted by atomic mass is 10.2. The molecule has 0 amide bonds. The first kappa shape index (κ1) is 11.7. The van der Waals surface area contributed by atoms with Gasteiger partial charge in [0.1, 0.15) is 23.1 Å². The molecule has 18 heavy (non-hydrogen) atoms. The number of phenolic OH excluding ortho intramolecular Hbond substituents is 1. The molecule has 0 spiro atoms. The van der Waals surface area contributed by atoms with Gasteiger partial charge in [0.15, 0.2) is 5.75 Å². The highest BCUT2D eigenvalue weighted by atomic mass is 16.5. The number of rotatable bonds is 2. The number of hydrogen-bond acceptors (Lipinski definition) is 5. The fraction of sp³-hybridized carbons (Fsp3) is 0.0769. The number of anilines is 1. The minimum absolute atomic E-state index is 0.0707. The second kappa shape index (κ2) is 4.63. The van der Waals surface area contributed by atoms with Crippen LogP contribution in [-0.4, -0.2) is 10.1 Å². The molecule has 1 aromatic carbocycles. The summed E-state index contributed by atoms with van der Waals surface area (Å²) in [5, 5.41) is 18.4. The molecule has 0 aliphatic carbocycles. The van der Waals surface area contributed by atoms with E-state index in [-0.39, 0.29) is 23.1 Å². The molecule has 2 aromatic rings. The number of pyridine rings is 1. The number of nitrogen functional groups attached to an aromatic ring is 1. The zero-order valence-electron chi connectivity index (χ0n) is 9.71. The summed E-state index contributed by atoms with van der Waals surface area (Å²) in [5.41, 5.74) is 6.82. The highest BCUT2D eigenvalue weighted by Crippen LogP contribution is 2.33. The molecule has 5 heteroatoms. The summed E-state index contributed by atoms with van der Waals surface area (Å²) in [6.07, 6.45) is 0. The Kier molecular flexibility index (Phi) is 3.02. The Labute approximate surface area is 104 Å². The third-order valence-electron chi connectivity index (χ3n) is 2.37. The van der Waals surface area contributed by atoms with Gasteiger partial charge in [0.2, 0.25) is 5.88 Å². The number of nitrogens with two attached hydrogens (primary N) is 1. The number of benzene rings is 1. The van der Waals surface area contributed by atoms with Crippen molar-refractivity contribution in [3.63, 3.8) is 0 Å². The monoisotopic (exact) mass is 241 g/mol. The van der Waals surface area contributed by atoms with Crippen molar-refractivity contribution < 1.29 is 9.84 Å². The second-order valence-electron chi connectivity index (χ2n) is 3.71. The van der Waals surface area contributed by atoms with E-state index in [1.807, 2.05) is 6.07 Å². The van der Waals surface area contributed by atoms with E-state index in [9.17, 15) is 5.11 Å². The molecule has 0 saturated carbocycles. The Hall–Kier alpha value is -2.74. The van der Waals surface area contributed by atoms with E-state index in [0.717, 1.165) is 5.69 Å². The van der Waals surface area contributed by atoms with Crippen LogP contribution in [0.4, 0.5) is 5.69 Å². The van der Waals surface area contributed by atoms with Gasteiger partial charge in [0.25, 0.3) is 0 Å². The largest absolute Gasteiger partial charge is 0.506 e. The van der Waals surface area contributed by atoms with E-state index < -0.39 is 0 Å². The Bertz CT molecular complexity index is 633. The summed E-state index contributed by atoms with van der Waals surface area (Å²) in [6.45, 7) is 1.79. The number of aromatic nitrogens is 1. The van der Waals surface area contributed by atoms with Gasteiger partial charge in [-0.05, 0) is 31.2 Å². The number of aromatic hydroxyl groups is 1. The van der Waals surface area contributed by atoms with Crippen LogP contribution >= 0.6 is 0 Å². The number of aryl methyl sites for hydroxylation is 1. The predicted octanol–water partition coefficient (Wildman–Crippen LogP) is 2.34. The lowest BCUT2D eigenvalue weighted by Crippen LogP contribution is -1.97. The van der Waals surface area contributed by atoms with Crippen molar-refractivity contribution in [2.24, 2.45) is 0 Å². The zero-order chi connectivity index (χ0) is 13.1. The van der Waals surface area contributed by atoms with Gasteiger partial charge in [0, 0.05) is 5.69 Å². The summed E-state index contributed by atoms with van der Waals surface area (Å²) in [6, 6.07) is 9.98. The third-order valence-corrected chi connectivity index (χ3v) is 2.37. The molecule has 90 valence electrons. The zero-order valence-corrected chi connectivity index (χ0v) is 9.71. The second-order valence-corrected chi connectivity index (χ2v) is 3.71. The molecule has 0 aliphatic heterocycles. The number of hydrogen-bond donors (Lipinski definition) is 2. The summed E-state index contributed by atoms with van der Waals surface area (Å²) in [7, 11) is 0. The lowest BCUT2D eigenvalue weighted by Gasteiger charge is -2.09. The number of para-hydroxylation sites is 1. The van der Waals surface area contributed by atoms with E-state index in [2.05, 4.69) is 4.98 Å². The molecule has 2 rings (SSSR count). The first-order valence-corrected chi connectivity index (χ1v) is 5.25. The molecule has 1 heterocycles. The van der Waals surface area contributed by atoms with Crippen LogP contribution in [0.5, 0.6) is 17.4 Å². The van der Waals surface area contributed by atoms with Crippen molar-refractivity contribution >= 4 is 5.69 Å². The topological polar surface area (TPSA) is 92.2 Å². The Morgan fingerprint density at radius 3 is 2.83 bits per heavy atom. The third kappa shape index (κ3) is 2.18. The minimum atomic E-state index is -0.0707.